The van der Waals surface area contributed by atoms with Crippen LogP contribution in [0.2, 0.25) is 0 Å². The molecule has 1 saturated carbocycles. The fraction of sp³-hybridized carbons (Fsp3) is 0.571. The number of hydrogen-bond acceptors (Lipinski definition) is 4. The summed E-state index contributed by atoms with van der Waals surface area (Å²) in [7, 11) is 1.73. The molecule has 1 N–H and O–H groups in total. The van der Waals surface area contributed by atoms with E-state index in [4.69, 9.17) is 4.74 Å². The van der Waals surface area contributed by atoms with Gasteiger partial charge in [-0.15, -0.1) is 0 Å². The molecule has 2 aliphatic heterocycles. The molecular formula is C28H39N3O. The van der Waals surface area contributed by atoms with E-state index in [1.807, 2.05) is 0 Å². The van der Waals surface area contributed by atoms with Gasteiger partial charge in [0, 0.05) is 44.2 Å². The van der Waals surface area contributed by atoms with Crippen LogP contribution in [-0.4, -0.2) is 55.8 Å². The van der Waals surface area contributed by atoms with Crippen LogP contribution in [0.15, 0.2) is 48.5 Å². The van der Waals surface area contributed by atoms with Gasteiger partial charge in [-0.3, -0.25) is 9.80 Å². The molecule has 1 aliphatic carbocycles. The third kappa shape index (κ3) is 4.09. The Labute approximate surface area is 193 Å². The first-order valence-corrected chi connectivity index (χ1v) is 12.5. The molecule has 2 atom stereocenters. The van der Waals surface area contributed by atoms with Crippen molar-refractivity contribution in [2.24, 2.45) is 5.41 Å². The van der Waals surface area contributed by atoms with E-state index < -0.39 is 0 Å². The summed E-state index contributed by atoms with van der Waals surface area (Å²) in [5.74, 6) is 1.49. The number of hydrogen-bond donors (Lipinski definition) is 1. The summed E-state index contributed by atoms with van der Waals surface area (Å²) in [5, 5.41) is 3.84. The smallest absolute Gasteiger partial charge is 0.118 e. The van der Waals surface area contributed by atoms with Crippen molar-refractivity contribution < 1.29 is 4.74 Å². The zero-order valence-corrected chi connectivity index (χ0v) is 20.0. The van der Waals surface area contributed by atoms with Gasteiger partial charge in [0.25, 0.3) is 0 Å². The maximum absolute atomic E-state index is 5.32. The minimum Gasteiger partial charge on any atom is -0.497 e. The van der Waals surface area contributed by atoms with Crippen molar-refractivity contribution in [2.45, 2.75) is 57.7 Å². The number of nitrogens with zero attached hydrogens (tertiary/aromatic N) is 2. The van der Waals surface area contributed by atoms with Crippen molar-refractivity contribution >= 4 is 0 Å². The summed E-state index contributed by atoms with van der Waals surface area (Å²) in [6, 6.07) is 18.2. The first kappa shape index (κ1) is 21.9. The van der Waals surface area contributed by atoms with Gasteiger partial charge < -0.3 is 10.1 Å². The van der Waals surface area contributed by atoms with Crippen LogP contribution in [0, 0.1) is 5.41 Å². The van der Waals surface area contributed by atoms with Gasteiger partial charge in [-0.05, 0) is 54.0 Å². The maximum atomic E-state index is 5.32. The third-order valence-corrected chi connectivity index (χ3v) is 8.27. The van der Waals surface area contributed by atoms with Gasteiger partial charge in [0.05, 0.1) is 13.3 Å². The van der Waals surface area contributed by atoms with E-state index in [1.165, 1.54) is 36.9 Å². The van der Waals surface area contributed by atoms with Gasteiger partial charge in [-0.1, -0.05) is 56.7 Å². The normalized spacial score (nSPS) is 25.5. The Balaban J connectivity index is 1.34. The highest BCUT2D eigenvalue weighted by Gasteiger charge is 2.54. The molecule has 4 heteroatoms. The molecule has 1 spiro atoms. The summed E-state index contributed by atoms with van der Waals surface area (Å²) >= 11 is 0. The SMILES string of the molecule is COc1ccc(CCN2CCN(C3NCC34CCC4)C(c3ccccc3C(C)C)C2)cc1. The molecule has 0 aromatic heterocycles. The Morgan fingerprint density at radius 1 is 1.06 bits per heavy atom. The lowest BCUT2D eigenvalue weighted by Crippen LogP contribution is -2.74. The molecule has 2 saturated heterocycles. The molecule has 2 aromatic carbocycles. The Kier molecular flexibility index (Phi) is 6.28. The van der Waals surface area contributed by atoms with Crippen LogP contribution in [0.25, 0.3) is 0 Å². The first-order chi connectivity index (χ1) is 15.6. The summed E-state index contributed by atoms with van der Waals surface area (Å²) in [6.45, 7) is 10.4. The first-order valence-electron chi connectivity index (χ1n) is 12.5. The second kappa shape index (κ2) is 9.17. The standard InChI is InChI=1S/C28H39N3O/c1-21(2)24-7-4-5-8-25(24)26-19-30(16-13-22-9-11-23(32-3)12-10-22)17-18-31(26)27-28(20-29-27)14-6-15-28/h4-5,7-12,21,26-27,29H,6,13-20H2,1-3H3. The zero-order chi connectivity index (χ0) is 22.1. The molecule has 0 bridgehead atoms. The molecule has 2 aromatic rings. The van der Waals surface area contributed by atoms with Crippen LogP contribution in [0.5, 0.6) is 5.75 Å². The van der Waals surface area contributed by atoms with E-state index in [0.29, 0.717) is 23.5 Å². The third-order valence-electron chi connectivity index (χ3n) is 8.27. The van der Waals surface area contributed by atoms with E-state index in [9.17, 15) is 0 Å². The Morgan fingerprint density at radius 2 is 1.84 bits per heavy atom. The van der Waals surface area contributed by atoms with Gasteiger partial charge in [-0.2, -0.15) is 0 Å². The van der Waals surface area contributed by atoms with E-state index in [0.717, 1.165) is 38.3 Å². The van der Waals surface area contributed by atoms with Crippen LogP contribution < -0.4 is 10.1 Å². The fourth-order valence-corrected chi connectivity index (χ4v) is 6.09. The van der Waals surface area contributed by atoms with Crippen molar-refractivity contribution in [1.29, 1.82) is 0 Å². The number of ether oxygens (including phenoxy) is 1. The van der Waals surface area contributed by atoms with Crippen LogP contribution >= 0.6 is 0 Å². The second-order valence-electron chi connectivity index (χ2n) is 10.4. The zero-order valence-electron chi connectivity index (χ0n) is 20.0. The molecule has 172 valence electrons. The largest absolute Gasteiger partial charge is 0.497 e. The van der Waals surface area contributed by atoms with E-state index >= 15 is 0 Å². The highest BCUT2D eigenvalue weighted by atomic mass is 16.5. The summed E-state index contributed by atoms with van der Waals surface area (Å²) in [6.07, 6.45) is 5.87. The maximum Gasteiger partial charge on any atom is 0.118 e. The van der Waals surface area contributed by atoms with Crippen LogP contribution in [0.3, 0.4) is 0 Å². The molecular weight excluding hydrogens is 394 g/mol. The number of nitrogens with one attached hydrogen (secondary N) is 1. The molecule has 3 fully saturated rings. The molecule has 0 amide bonds. The van der Waals surface area contributed by atoms with Crippen molar-refractivity contribution in [1.82, 2.24) is 15.1 Å². The summed E-state index contributed by atoms with van der Waals surface area (Å²) in [4.78, 5) is 5.52. The van der Waals surface area contributed by atoms with Crippen molar-refractivity contribution in [3.63, 3.8) is 0 Å². The predicted octanol–water partition coefficient (Wildman–Crippen LogP) is 4.82. The van der Waals surface area contributed by atoms with Gasteiger partial charge >= 0.3 is 0 Å². The van der Waals surface area contributed by atoms with E-state index in [2.05, 4.69) is 77.5 Å². The van der Waals surface area contributed by atoms with Crippen LogP contribution in [-0.2, 0) is 6.42 Å². The highest BCUT2D eigenvalue weighted by Crippen LogP contribution is 2.51. The number of benzene rings is 2. The molecule has 2 heterocycles. The van der Waals surface area contributed by atoms with Gasteiger partial charge in [0.2, 0.25) is 0 Å². The lowest BCUT2D eigenvalue weighted by molar-refractivity contribution is -0.122. The molecule has 5 rings (SSSR count). The Bertz CT molecular complexity index is 900. The van der Waals surface area contributed by atoms with Gasteiger partial charge in [0.1, 0.15) is 5.75 Å². The van der Waals surface area contributed by atoms with Crippen molar-refractivity contribution in [3.8, 4) is 5.75 Å². The number of methoxy groups -OCH3 is 1. The van der Waals surface area contributed by atoms with Crippen molar-refractivity contribution in [2.75, 3.05) is 39.8 Å². The highest BCUT2D eigenvalue weighted by molar-refractivity contribution is 5.34. The Hall–Kier alpha value is -1.88. The summed E-state index contributed by atoms with van der Waals surface area (Å²) in [5.41, 5.74) is 5.00. The minimum absolute atomic E-state index is 0.466. The Morgan fingerprint density at radius 3 is 2.47 bits per heavy atom. The van der Waals surface area contributed by atoms with E-state index in [-0.39, 0.29) is 0 Å². The average Bonchev–Trinajstić information content (AvgIpc) is 2.77. The quantitative estimate of drug-likeness (QED) is 0.678. The number of rotatable bonds is 7. The molecule has 3 aliphatic rings. The lowest BCUT2D eigenvalue weighted by Gasteiger charge is -2.62. The average molecular weight is 434 g/mol. The van der Waals surface area contributed by atoms with Crippen molar-refractivity contribution in [3.05, 3.63) is 65.2 Å². The lowest BCUT2D eigenvalue weighted by atomic mass is 9.61. The topological polar surface area (TPSA) is 27.7 Å². The molecule has 32 heavy (non-hydrogen) atoms. The van der Waals surface area contributed by atoms with Gasteiger partial charge in [0.15, 0.2) is 0 Å². The minimum atomic E-state index is 0.466. The second-order valence-corrected chi connectivity index (χ2v) is 10.4. The summed E-state index contributed by atoms with van der Waals surface area (Å²) < 4.78 is 5.32. The predicted molar refractivity (Wildman–Crippen MR) is 131 cm³/mol. The van der Waals surface area contributed by atoms with Crippen LogP contribution in [0.4, 0.5) is 0 Å². The molecule has 0 radical (unpaired) electrons. The fourth-order valence-electron chi connectivity index (χ4n) is 6.09. The molecule has 4 nitrogen and oxygen atoms in total. The van der Waals surface area contributed by atoms with E-state index in [1.54, 1.807) is 12.7 Å². The number of piperazine rings is 1. The van der Waals surface area contributed by atoms with Gasteiger partial charge in [-0.25, -0.2) is 0 Å². The molecule has 2 unspecified atom stereocenters. The monoisotopic (exact) mass is 433 g/mol. The van der Waals surface area contributed by atoms with Crippen LogP contribution in [0.1, 0.15) is 61.8 Å².